The second-order valence-electron chi connectivity index (χ2n) is 10.2. The van der Waals surface area contributed by atoms with Crippen LogP contribution in [0.1, 0.15) is 0 Å². The third kappa shape index (κ3) is 2.76. The van der Waals surface area contributed by atoms with Crippen LogP contribution in [0.15, 0.2) is 138 Å². The fraction of sp³-hybridized carbons (Fsp3) is 0. The molecular weight excluding hydrogens is 476 g/mol. The molecule has 0 unspecified atom stereocenters. The van der Waals surface area contributed by atoms with Crippen LogP contribution in [0.3, 0.4) is 0 Å². The first-order chi connectivity index (χ1) is 19.4. The summed E-state index contributed by atoms with van der Waals surface area (Å²) in [6, 6.07) is 47.7. The summed E-state index contributed by atoms with van der Waals surface area (Å²) >= 11 is 0. The van der Waals surface area contributed by atoms with Gasteiger partial charge in [-0.25, -0.2) is 0 Å². The SMILES string of the molecule is c1ccc2c(c1)oc1cc(-n3c4ccccc4c4cccc5c6ccccc6n(c6ccccc63)c45)ccc12. The van der Waals surface area contributed by atoms with E-state index < -0.39 is 0 Å². The Morgan fingerprint density at radius 3 is 1.74 bits per heavy atom. The van der Waals surface area contributed by atoms with E-state index in [2.05, 4.69) is 130 Å². The lowest BCUT2D eigenvalue weighted by Crippen LogP contribution is -2.01. The van der Waals surface area contributed by atoms with Crippen molar-refractivity contribution in [3.8, 4) is 5.69 Å². The predicted molar refractivity (Wildman–Crippen MR) is 163 cm³/mol. The van der Waals surface area contributed by atoms with Crippen molar-refractivity contribution in [2.75, 3.05) is 0 Å². The second-order valence-corrected chi connectivity index (χ2v) is 10.2. The highest BCUT2D eigenvalue weighted by Gasteiger charge is 2.16. The maximum absolute atomic E-state index is 6.33. The zero-order chi connectivity index (χ0) is 25.5. The average molecular weight is 499 g/mol. The zero-order valence-corrected chi connectivity index (χ0v) is 21.0. The van der Waals surface area contributed by atoms with Gasteiger partial charge in [0.15, 0.2) is 0 Å². The molecule has 0 amide bonds. The quantitative estimate of drug-likeness (QED) is 0.221. The van der Waals surface area contributed by atoms with E-state index in [9.17, 15) is 0 Å². The number of furan rings is 1. The standard InChI is InChI=1S/C36H22N2O/c1-4-15-30-24(10-1)28-13-9-14-29-25-11-2-5-16-31(25)38(36(28)29)33-18-7-6-17-32(33)37(30)23-20-21-27-26-12-3-8-19-34(26)39-35(27)22-23/h1-22H. The minimum absolute atomic E-state index is 0.889. The van der Waals surface area contributed by atoms with E-state index in [1.165, 1.54) is 32.6 Å². The van der Waals surface area contributed by atoms with Crippen molar-refractivity contribution < 1.29 is 4.42 Å². The molecule has 3 nitrogen and oxygen atoms in total. The topological polar surface area (TPSA) is 22.5 Å². The molecule has 0 radical (unpaired) electrons. The zero-order valence-electron chi connectivity index (χ0n) is 21.0. The van der Waals surface area contributed by atoms with Gasteiger partial charge in [0.25, 0.3) is 0 Å². The monoisotopic (exact) mass is 498 g/mol. The Morgan fingerprint density at radius 1 is 0.385 bits per heavy atom. The van der Waals surface area contributed by atoms with Crippen molar-refractivity contribution in [3.05, 3.63) is 133 Å². The Bertz CT molecular complexity index is 2450. The summed E-state index contributed by atoms with van der Waals surface area (Å²) in [5, 5.41) is 7.23. The van der Waals surface area contributed by atoms with Gasteiger partial charge in [0, 0.05) is 44.1 Å². The van der Waals surface area contributed by atoms with Gasteiger partial charge in [0.05, 0.1) is 27.6 Å². The van der Waals surface area contributed by atoms with Gasteiger partial charge in [-0.15, -0.1) is 0 Å². The molecule has 6 aromatic carbocycles. The lowest BCUT2D eigenvalue weighted by Gasteiger charge is -2.16. The smallest absolute Gasteiger partial charge is 0.137 e. The van der Waals surface area contributed by atoms with E-state index >= 15 is 0 Å². The van der Waals surface area contributed by atoms with Crippen LogP contribution >= 0.6 is 0 Å². The first-order valence-electron chi connectivity index (χ1n) is 13.3. The van der Waals surface area contributed by atoms with Crippen LogP contribution in [0.4, 0.5) is 0 Å². The molecule has 9 rings (SSSR count). The summed E-state index contributed by atoms with van der Waals surface area (Å²) in [4.78, 5) is 0. The number of hydrogen-bond donors (Lipinski definition) is 0. The Morgan fingerprint density at radius 2 is 0.949 bits per heavy atom. The van der Waals surface area contributed by atoms with Gasteiger partial charge in [-0.1, -0.05) is 84.9 Å². The summed E-state index contributed by atoms with van der Waals surface area (Å²) in [5.41, 5.74) is 8.73. The third-order valence-electron chi connectivity index (χ3n) is 8.11. The molecule has 0 spiro atoms. The predicted octanol–water partition coefficient (Wildman–Crippen LogP) is 9.80. The summed E-state index contributed by atoms with van der Waals surface area (Å²) in [7, 11) is 0. The largest absolute Gasteiger partial charge is 0.456 e. The van der Waals surface area contributed by atoms with Gasteiger partial charge in [-0.05, 0) is 42.5 Å². The van der Waals surface area contributed by atoms with Crippen molar-refractivity contribution >= 4 is 71.1 Å². The highest BCUT2D eigenvalue weighted by Crippen LogP contribution is 2.38. The summed E-state index contributed by atoms with van der Waals surface area (Å²) in [6.45, 7) is 0. The van der Waals surface area contributed by atoms with Gasteiger partial charge in [0.1, 0.15) is 11.2 Å². The molecule has 0 saturated carbocycles. The maximum Gasteiger partial charge on any atom is 0.137 e. The normalized spacial score (nSPS) is 12.1. The van der Waals surface area contributed by atoms with Gasteiger partial charge in [0.2, 0.25) is 0 Å². The Hall–Kier alpha value is -5.28. The lowest BCUT2D eigenvalue weighted by atomic mass is 10.1. The number of para-hydroxylation sites is 6. The second kappa shape index (κ2) is 7.62. The minimum Gasteiger partial charge on any atom is -0.456 e. The molecule has 3 aromatic heterocycles. The number of hydrogen-bond acceptors (Lipinski definition) is 1. The Kier molecular flexibility index (Phi) is 4.05. The maximum atomic E-state index is 6.33. The molecule has 39 heavy (non-hydrogen) atoms. The fourth-order valence-electron chi connectivity index (χ4n) is 6.49. The Labute approximate surface area is 223 Å². The minimum atomic E-state index is 0.889. The van der Waals surface area contributed by atoms with E-state index in [1.54, 1.807) is 0 Å². The number of benzene rings is 6. The first-order valence-corrected chi connectivity index (χ1v) is 13.3. The van der Waals surface area contributed by atoms with Gasteiger partial charge in [-0.3, -0.25) is 0 Å². The van der Waals surface area contributed by atoms with E-state index in [-0.39, 0.29) is 0 Å². The van der Waals surface area contributed by atoms with E-state index in [4.69, 9.17) is 4.42 Å². The molecule has 0 N–H and O–H groups in total. The van der Waals surface area contributed by atoms with E-state index in [0.717, 1.165) is 44.2 Å². The number of fused-ring (bicyclic) bond motifs is 10. The molecule has 3 heteroatoms. The van der Waals surface area contributed by atoms with Crippen molar-refractivity contribution in [1.29, 1.82) is 0 Å². The van der Waals surface area contributed by atoms with Crippen LogP contribution in [-0.4, -0.2) is 8.97 Å². The van der Waals surface area contributed by atoms with Crippen LogP contribution in [0.2, 0.25) is 0 Å². The summed E-state index contributed by atoms with van der Waals surface area (Å²) < 4.78 is 11.2. The van der Waals surface area contributed by atoms with Gasteiger partial charge >= 0.3 is 0 Å². The molecule has 0 aliphatic carbocycles. The van der Waals surface area contributed by atoms with Crippen LogP contribution < -0.4 is 0 Å². The van der Waals surface area contributed by atoms with E-state index in [1.807, 2.05) is 12.1 Å². The molecule has 9 aromatic rings. The Balaban J connectivity index is 1.57. The third-order valence-corrected chi connectivity index (χ3v) is 8.11. The van der Waals surface area contributed by atoms with Crippen molar-refractivity contribution in [3.63, 3.8) is 0 Å². The molecule has 0 bridgehead atoms. The molecular formula is C36H22N2O. The summed E-state index contributed by atoms with van der Waals surface area (Å²) in [5.74, 6) is 0. The van der Waals surface area contributed by atoms with Gasteiger partial charge < -0.3 is 13.4 Å². The van der Waals surface area contributed by atoms with Crippen LogP contribution in [0.25, 0.3) is 76.8 Å². The molecule has 182 valence electrons. The average Bonchev–Trinajstić information content (AvgIpc) is 3.53. The van der Waals surface area contributed by atoms with E-state index in [0.29, 0.717) is 0 Å². The first kappa shape index (κ1) is 20.7. The van der Waals surface area contributed by atoms with Crippen LogP contribution in [-0.2, 0) is 0 Å². The highest BCUT2D eigenvalue weighted by atomic mass is 16.3. The summed E-state index contributed by atoms with van der Waals surface area (Å²) in [6.07, 6.45) is 0. The fourth-order valence-corrected chi connectivity index (χ4v) is 6.49. The molecule has 0 aliphatic rings. The molecule has 0 saturated heterocycles. The molecule has 0 atom stereocenters. The van der Waals surface area contributed by atoms with Crippen molar-refractivity contribution in [2.24, 2.45) is 0 Å². The highest BCUT2D eigenvalue weighted by molar-refractivity contribution is 6.20. The van der Waals surface area contributed by atoms with Crippen LogP contribution in [0, 0.1) is 0 Å². The van der Waals surface area contributed by atoms with Crippen LogP contribution in [0.5, 0.6) is 0 Å². The molecule has 0 fully saturated rings. The number of nitrogens with zero attached hydrogens (tertiary/aromatic N) is 2. The van der Waals surface area contributed by atoms with Crippen molar-refractivity contribution in [2.45, 2.75) is 0 Å². The van der Waals surface area contributed by atoms with Crippen molar-refractivity contribution in [1.82, 2.24) is 8.97 Å². The number of aromatic nitrogens is 2. The van der Waals surface area contributed by atoms with Gasteiger partial charge in [-0.2, -0.15) is 0 Å². The lowest BCUT2D eigenvalue weighted by molar-refractivity contribution is 0.668. The number of rotatable bonds is 1. The molecule has 0 aliphatic heterocycles. The molecule has 3 heterocycles.